The zero-order chi connectivity index (χ0) is 9.68. The third-order valence-electron chi connectivity index (χ3n) is 2.13. The number of rotatable bonds is 4. The third-order valence-corrected chi connectivity index (χ3v) is 2.13. The van der Waals surface area contributed by atoms with Crippen molar-refractivity contribution in [3.8, 4) is 0 Å². The van der Waals surface area contributed by atoms with E-state index in [0.717, 1.165) is 12.1 Å². The summed E-state index contributed by atoms with van der Waals surface area (Å²) in [6, 6.07) is 4.33. The maximum atomic E-state index is 4.36. The SMILES string of the molecule is C=CCC(NC)c1ncccc1C. The highest BCUT2D eigenvalue weighted by molar-refractivity contribution is 5.21. The third kappa shape index (κ3) is 2.39. The van der Waals surface area contributed by atoms with Crippen molar-refractivity contribution < 1.29 is 0 Å². The van der Waals surface area contributed by atoms with E-state index in [1.807, 2.05) is 25.4 Å². The Hall–Kier alpha value is -1.15. The fraction of sp³-hybridized carbons (Fsp3) is 0.364. The molecule has 70 valence electrons. The second-order valence-corrected chi connectivity index (χ2v) is 3.07. The van der Waals surface area contributed by atoms with Gasteiger partial charge < -0.3 is 5.32 Å². The van der Waals surface area contributed by atoms with E-state index in [2.05, 4.69) is 29.9 Å². The minimum absolute atomic E-state index is 0.290. The van der Waals surface area contributed by atoms with E-state index in [-0.39, 0.29) is 0 Å². The zero-order valence-corrected chi connectivity index (χ0v) is 8.25. The summed E-state index contributed by atoms with van der Waals surface area (Å²) in [5.74, 6) is 0. The molecule has 0 aliphatic rings. The molecule has 1 N–H and O–H groups in total. The predicted octanol–water partition coefficient (Wildman–Crippen LogP) is 2.23. The highest BCUT2D eigenvalue weighted by Gasteiger charge is 2.10. The van der Waals surface area contributed by atoms with Crippen molar-refractivity contribution in [3.63, 3.8) is 0 Å². The van der Waals surface area contributed by atoms with Crippen molar-refractivity contribution >= 4 is 0 Å². The van der Waals surface area contributed by atoms with Crippen LogP contribution in [-0.2, 0) is 0 Å². The number of hydrogen-bond acceptors (Lipinski definition) is 2. The fourth-order valence-electron chi connectivity index (χ4n) is 1.40. The Morgan fingerprint density at radius 2 is 2.46 bits per heavy atom. The number of pyridine rings is 1. The quantitative estimate of drug-likeness (QED) is 0.711. The van der Waals surface area contributed by atoms with E-state index >= 15 is 0 Å². The number of nitrogens with one attached hydrogen (secondary N) is 1. The Balaban J connectivity index is 2.90. The normalized spacial score (nSPS) is 12.5. The largest absolute Gasteiger partial charge is 0.311 e. The van der Waals surface area contributed by atoms with Gasteiger partial charge in [0.15, 0.2) is 0 Å². The van der Waals surface area contributed by atoms with Gasteiger partial charge in [-0.2, -0.15) is 0 Å². The number of nitrogens with zero attached hydrogens (tertiary/aromatic N) is 1. The molecule has 0 fully saturated rings. The van der Waals surface area contributed by atoms with Gasteiger partial charge in [0.05, 0.1) is 11.7 Å². The molecule has 0 aromatic carbocycles. The molecule has 0 saturated heterocycles. The lowest BCUT2D eigenvalue weighted by Crippen LogP contribution is -2.17. The standard InChI is InChI=1S/C11H16N2/c1-4-6-10(12-3)11-9(2)7-5-8-13-11/h4-5,7-8,10,12H,1,6H2,2-3H3. The second kappa shape index (κ2) is 4.77. The summed E-state index contributed by atoms with van der Waals surface area (Å²) in [6.07, 6.45) is 4.65. The van der Waals surface area contributed by atoms with Gasteiger partial charge in [-0.15, -0.1) is 6.58 Å². The first-order valence-electron chi connectivity index (χ1n) is 4.49. The lowest BCUT2D eigenvalue weighted by atomic mass is 10.1. The average molecular weight is 176 g/mol. The minimum Gasteiger partial charge on any atom is -0.311 e. The van der Waals surface area contributed by atoms with Gasteiger partial charge in [-0.1, -0.05) is 12.1 Å². The molecule has 0 aliphatic carbocycles. The maximum Gasteiger partial charge on any atom is 0.0605 e. The molecule has 0 spiro atoms. The van der Waals surface area contributed by atoms with Crippen molar-refractivity contribution in [2.24, 2.45) is 0 Å². The summed E-state index contributed by atoms with van der Waals surface area (Å²) in [6.45, 7) is 5.81. The Kier molecular flexibility index (Phi) is 3.65. The monoisotopic (exact) mass is 176 g/mol. The summed E-state index contributed by atoms with van der Waals surface area (Å²) in [4.78, 5) is 4.36. The lowest BCUT2D eigenvalue weighted by Gasteiger charge is -2.15. The predicted molar refractivity (Wildman–Crippen MR) is 55.6 cm³/mol. The summed E-state index contributed by atoms with van der Waals surface area (Å²) in [7, 11) is 1.95. The van der Waals surface area contributed by atoms with Crippen molar-refractivity contribution in [1.82, 2.24) is 10.3 Å². The van der Waals surface area contributed by atoms with Crippen molar-refractivity contribution in [2.45, 2.75) is 19.4 Å². The first-order valence-corrected chi connectivity index (χ1v) is 4.49. The summed E-state index contributed by atoms with van der Waals surface area (Å²) in [5.41, 5.74) is 2.34. The summed E-state index contributed by atoms with van der Waals surface area (Å²) < 4.78 is 0. The minimum atomic E-state index is 0.290. The van der Waals surface area contributed by atoms with Crippen LogP contribution in [0.1, 0.15) is 23.7 Å². The Morgan fingerprint density at radius 1 is 1.69 bits per heavy atom. The summed E-state index contributed by atoms with van der Waals surface area (Å²) >= 11 is 0. The Morgan fingerprint density at radius 3 is 3.00 bits per heavy atom. The molecule has 1 atom stereocenters. The molecule has 0 amide bonds. The molecule has 1 aromatic rings. The molecule has 2 nitrogen and oxygen atoms in total. The van der Waals surface area contributed by atoms with Crippen LogP contribution < -0.4 is 5.32 Å². The van der Waals surface area contributed by atoms with E-state index in [4.69, 9.17) is 0 Å². The van der Waals surface area contributed by atoms with Crippen LogP contribution in [0.4, 0.5) is 0 Å². The van der Waals surface area contributed by atoms with Gasteiger partial charge in [0, 0.05) is 6.20 Å². The van der Waals surface area contributed by atoms with Crippen LogP contribution in [-0.4, -0.2) is 12.0 Å². The van der Waals surface area contributed by atoms with Gasteiger partial charge in [-0.3, -0.25) is 4.98 Å². The highest BCUT2D eigenvalue weighted by Crippen LogP contribution is 2.17. The average Bonchev–Trinajstić information content (AvgIpc) is 2.16. The Labute approximate surface area is 79.7 Å². The van der Waals surface area contributed by atoms with Crippen LogP contribution in [0.2, 0.25) is 0 Å². The zero-order valence-electron chi connectivity index (χ0n) is 8.25. The Bertz CT molecular complexity index is 281. The van der Waals surface area contributed by atoms with Gasteiger partial charge in [0.2, 0.25) is 0 Å². The van der Waals surface area contributed by atoms with Crippen molar-refractivity contribution in [1.29, 1.82) is 0 Å². The van der Waals surface area contributed by atoms with Gasteiger partial charge in [-0.25, -0.2) is 0 Å². The van der Waals surface area contributed by atoms with Crippen LogP contribution in [0.5, 0.6) is 0 Å². The number of aryl methyl sites for hydroxylation is 1. The fourth-order valence-corrected chi connectivity index (χ4v) is 1.40. The smallest absolute Gasteiger partial charge is 0.0605 e. The van der Waals surface area contributed by atoms with Gasteiger partial charge in [0.1, 0.15) is 0 Å². The number of hydrogen-bond donors (Lipinski definition) is 1. The maximum absolute atomic E-state index is 4.36. The molecule has 1 aromatic heterocycles. The van der Waals surface area contributed by atoms with Crippen LogP contribution in [0.3, 0.4) is 0 Å². The van der Waals surface area contributed by atoms with Crippen LogP contribution in [0, 0.1) is 6.92 Å². The van der Waals surface area contributed by atoms with Crippen molar-refractivity contribution in [2.75, 3.05) is 7.05 Å². The van der Waals surface area contributed by atoms with E-state index < -0.39 is 0 Å². The van der Waals surface area contributed by atoms with Gasteiger partial charge >= 0.3 is 0 Å². The molecule has 13 heavy (non-hydrogen) atoms. The van der Waals surface area contributed by atoms with E-state index in [0.29, 0.717) is 6.04 Å². The van der Waals surface area contributed by atoms with Crippen LogP contribution in [0.15, 0.2) is 31.0 Å². The molecular formula is C11H16N2. The van der Waals surface area contributed by atoms with Gasteiger partial charge in [0.25, 0.3) is 0 Å². The van der Waals surface area contributed by atoms with E-state index in [1.165, 1.54) is 5.56 Å². The van der Waals surface area contributed by atoms with Crippen LogP contribution >= 0.6 is 0 Å². The molecule has 1 heterocycles. The summed E-state index contributed by atoms with van der Waals surface area (Å²) in [5, 5.41) is 3.23. The first-order chi connectivity index (χ1) is 6.29. The highest BCUT2D eigenvalue weighted by atomic mass is 14.9. The molecule has 0 radical (unpaired) electrons. The molecule has 1 rings (SSSR count). The molecule has 2 heteroatoms. The second-order valence-electron chi connectivity index (χ2n) is 3.07. The molecular weight excluding hydrogens is 160 g/mol. The molecule has 1 unspecified atom stereocenters. The topological polar surface area (TPSA) is 24.9 Å². The van der Waals surface area contributed by atoms with E-state index in [1.54, 1.807) is 0 Å². The van der Waals surface area contributed by atoms with Gasteiger partial charge in [-0.05, 0) is 32.0 Å². The van der Waals surface area contributed by atoms with Crippen LogP contribution in [0.25, 0.3) is 0 Å². The lowest BCUT2D eigenvalue weighted by molar-refractivity contribution is 0.583. The van der Waals surface area contributed by atoms with Crippen molar-refractivity contribution in [3.05, 3.63) is 42.2 Å². The molecule has 0 saturated carbocycles. The first kappa shape index (κ1) is 9.93. The molecule has 0 bridgehead atoms. The van der Waals surface area contributed by atoms with E-state index in [9.17, 15) is 0 Å². The molecule has 0 aliphatic heterocycles. The number of aromatic nitrogens is 1.